The molecule has 1 atom stereocenters. The number of nitrogens with zero attached hydrogens (tertiary/aromatic N) is 2. The molecule has 0 aliphatic carbocycles. The van der Waals surface area contributed by atoms with Gasteiger partial charge >= 0.3 is 0 Å². The summed E-state index contributed by atoms with van der Waals surface area (Å²) >= 11 is 12.2. The van der Waals surface area contributed by atoms with Gasteiger partial charge < -0.3 is 10.6 Å². The fraction of sp³-hybridized carbons (Fsp3) is 0.357. The van der Waals surface area contributed by atoms with Gasteiger partial charge in [0.25, 0.3) is 0 Å². The Morgan fingerprint density at radius 1 is 1.30 bits per heavy atom. The first-order valence-electron chi connectivity index (χ1n) is 6.57. The third-order valence-electron chi connectivity index (χ3n) is 3.38. The average Bonchev–Trinajstić information content (AvgIpc) is 2.56. The second-order valence-corrected chi connectivity index (χ2v) is 5.84. The SMILES string of the molecule is ClC1=NC2=C(C[C@@H](Cl)N1)NCN(Cc1ccccc1)C2. The van der Waals surface area contributed by atoms with E-state index in [2.05, 4.69) is 44.8 Å². The van der Waals surface area contributed by atoms with Gasteiger partial charge in [0.15, 0.2) is 5.29 Å². The van der Waals surface area contributed by atoms with Crippen molar-refractivity contribution in [1.29, 1.82) is 0 Å². The van der Waals surface area contributed by atoms with Crippen molar-refractivity contribution in [3.63, 3.8) is 0 Å². The molecule has 0 spiro atoms. The lowest BCUT2D eigenvalue weighted by Crippen LogP contribution is -2.40. The number of benzene rings is 1. The lowest BCUT2D eigenvalue weighted by Gasteiger charge is -2.30. The van der Waals surface area contributed by atoms with Crippen LogP contribution in [0.4, 0.5) is 0 Å². The maximum absolute atomic E-state index is 6.14. The average molecular weight is 311 g/mol. The van der Waals surface area contributed by atoms with Crippen LogP contribution in [-0.4, -0.2) is 28.9 Å². The number of hydrogen-bond acceptors (Lipinski definition) is 4. The fourth-order valence-electron chi connectivity index (χ4n) is 2.43. The molecule has 6 heteroatoms. The van der Waals surface area contributed by atoms with E-state index in [1.54, 1.807) is 0 Å². The molecule has 0 unspecified atom stereocenters. The third-order valence-corrected chi connectivity index (χ3v) is 3.84. The Balaban J connectivity index is 1.73. The second kappa shape index (κ2) is 6.04. The zero-order chi connectivity index (χ0) is 13.9. The van der Waals surface area contributed by atoms with E-state index in [4.69, 9.17) is 23.2 Å². The first-order chi connectivity index (χ1) is 9.70. The van der Waals surface area contributed by atoms with Crippen molar-refractivity contribution in [3.05, 3.63) is 47.3 Å². The van der Waals surface area contributed by atoms with E-state index in [1.165, 1.54) is 5.56 Å². The van der Waals surface area contributed by atoms with E-state index in [9.17, 15) is 0 Å². The van der Waals surface area contributed by atoms with Crippen LogP contribution < -0.4 is 10.6 Å². The van der Waals surface area contributed by atoms with Gasteiger partial charge in [-0.1, -0.05) is 41.9 Å². The van der Waals surface area contributed by atoms with Gasteiger partial charge in [-0.25, -0.2) is 4.99 Å². The van der Waals surface area contributed by atoms with E-state index in [0.717, 1.165) is 31.2 Å². The molecule has 2 aliphatic heterocycles. The Labute approximate surface area is 128 Å². The van der Waals surface area contributed by atoms with E-state index in [-0.39, 0.29) is 5.50 Å². The number of nitrogens with one attached hydrogen (secondary N) is 2. The molecule has 0 aromatic heterocycles. The van der Waals surface area contributed by atoms with Crippen LogP contribution >= 0.6 is 23.2 Å². The van der Waals surface area contributed by atoms with Crippen molar-refractivity contribution in [2.24, 2.45) is 4.99 Å². The van der Waals surface area contributed by atoms with Crippen molar-refractivity contribution in [2.75, 3.05) is 13.2 Å². The van der Waals surface area contributed by atoms with Crippen LogP contribution in [0.5, 0.6) is 0 Å². The van der Waals surface area contributed by atoms with Crippen molar-refractivity contribution >= 4 is 28.5 Å². The largest absolute Gasteiger partial charge is 0.374 e. The topological polar surface area (TPSA) is 39.7 Å². The molecule has 1 aromatic rings. The Bertz CT molecular complexity index is 541. The summed E-state index contributed by atoms with van der Waals surface area (Å²) in [6.07, 6.45) is 0.704. The van der Waals surface area contributed by atoms with E-state index in [0.29, 0.717) is 11.7 Å². The van der Waals surface area contributed by atoms with Crippen molar-refractivity contribution in [3.8, 4) is 0 Å². The van der Waals surface area contributed by atoms with Gasteiger partial charge in [0.1, 0.15) is 5.50 Å². The second-order valence-electron chi connectivity index (χ2n) is 4.95. The summed E-state index contributed by atoms with van der Waals surface area (Å²) in [6.45, 7) is 2.46. The molecule has 0 saturated carbocycles. The van der Waals surface area contributed by atoms with Gasteiger partial charge in [-0.15, -0.1) is 0 Å². The van der Waals surface area contributed by atoms with Gasteiger partial charge in [0.05, 0.1) is 12.4 Å². The number of aliphatic imine (C=N–C) groups is 1. The van der Waals surface area contributed by atoms with Crippen molar-refractivity contribution < 1.29 is 0 Å². The highest BCUT2D eigenvalue weighted by Crippen LogP contribution is 2.21. The van der Waals surface area contributed by atoms with Gasteiger partial charge in [-0.3, -0.25) is 4.90 Å². The van der Waals surface area contributed by atoms with E-state index >= 15 is 0 Å². The van der Waals surface area contributed by atoms with Gasteiger partial charge in [0, 0.05) is 25.2 Å². The minimum atomic E-state index is -0.216. The predicted molar refractivity (Wildman–Crippen MR) is 82.6 cm³/mol. The highest BCUT2D eigenvalue weighted by atomic mass is 35.5. The highest BCUT2D eigenvalue weighted by Gasteiger charge is 2.23. The molecule has 0 amide bonds. The number of amidine groups is 1. The number of alkyl halides is 1. The first-order valence-corrected chi connectivity index (χ1v) is 7.39. The Kier molecular flexibility index (Phi) is 4.15. The Hall–Kier alpha value is -1.23. The Morgan fingerprint density at radius 2 is 2.10 bits per heavy atom. The first kappa shape index (κ1) is 13.7. The van der Waals surface area contributed by atoms with Gasteiger partial charge in [-0.2, -0.15) is 0 Å². The summed E-state index contributed by atoms with van der Waals surface area (Å²) in [6, 6.07) is 10.4. The number of rotatable bonds is 2. The smallest absolute Gasteiger partial charge is 0.197 e. The lowest BCUT2D eigenvalue weighted by atomic mass is 10.1. The molecule has 2 heterocycles. The molecule has 0 saturated heterocycles. The van der Waals surface area contributed by atoms with Crippen LogP contribution in [-0.2, 0) is 6.54 Å². The summed E-state index contributed by atoms with van der Waals surface area (Å²) in [5, 5.41) is 6.70. The zero-order valence-electron chi connectivity index (χ0n) is 10.9. The molecule has 106 valence electrons. The van der Waals surface area contributed by atoms with E-state index < -0.39 is 0 Å². The monoisotopic (exact) mass is 310 g/mol. The molecule has 0 fully saturated rings. The van der Waals surface area contributed by atoms with Crippen LogP contribution in [0.25, 0.3) is 0 Å². The molecular formula is C14H16Cl2N4. The summed E-state index contributed by atoms with van der Waals surface area (Å²) in [5.74, 6) is 0. The molecule has 3 rings (SSSR count). The molecule has 0 bridgehead atoms. The number of halogens is 2. The fourth-order valence-corrected chi connectivity index (χ4v) is 2.98. The van der Waals surface area contributed by atoms with Crippen LogP contribution in [0.1, 0.15) is 12.0 Å². The molecule has 1 aromatic carbocycles. The minimum absolute atomic E-state index is 0.216. The highest BCUT2D eigenvalue weighted by molar-refractivity contribution is 6.65. The molecule has 0 radical (unpaired) electrons. The lowest BCUT2D eigenvalue weighted by molar-refractivity contribution is 0.254. The Morgan fingerprint density at radius 3 is 2.90 bits per heavy atom. The molecule has 2 N–H and O–H groups in total. The summed E-state index contributed by atoms with van der Waals surface area (Å²) in [4.78, 5) is 6.69. The maximum Gasteiger partial charge on any atom is 0.197 e. The van der Waals surface area contributed by atoms with Crippen molar-refractivity contribution in [2.45, 2.75) is 18.5 Å². The van der Waals surface area contributed by atoms with Gasteiger partial charge in [0.2, 0.25) is 0 Å². The summed E-state index contributed by atoms with van der Waals surface area (Å²) in [7, 11) is 0. The van der Waals surface area contributed by atoms with Crippen LogP contribution in [0.3, 0.4) is 0 Å². The third kappa shape index (κ3) is 3.26. The number of hydrogen-bond donors (Lipinski definition) is 2. The molecule has 2 aliphatic rings. The normalized spacial score (nSPS) is 23.3. The minimum Gasteiger partial charge on any atom is -0.374 e. The molecule has 4 nitrogen and oxygen atoms in total. The summed E-state index contributed by atoms with van der Waals surface area (Å²) < 4.78 is 0. The van der Waals surface area contributed by atoms with Crippen molar-refractivity contribution in [1.82, 2.24) is 15.5 Å². The molecular weight excluding hydrogens is 295 g/mol. The summed E-state index contributed by atoms with van der Waals surface area (Å²) in [5.41, 5.74) is 3.12. The molecule has 20 heavy (non-hydrogen) atoms. The van der Waals surface area contributed by atoms with Crippen LogP contribution in [0, 0.1) is 0 Å². The van der Waals surface area contributed by atoms with Crippen LogP contribution in [0.15, 0.2) is 46.7 Å². The van der Waals surface area contributed by atoms with Gasteiger partial charge in [-0.05, 0) is 17.2 Å². The quantitative estimate of drug-likeness (QED) is 0.651. The zero-order valence-corrected chi connectivity index (χ0v) is 12.5. The van der Waals surface area contributed by atoms with E-state index in [1.807, 2.05) is 6.07 Å². The predicted octanol–water partition coefficient (Wildman–Crippen LogP) is 2.41. The van der Waals surface area contributed by atoms with Crippen LogP contribution in [0.2, 0.25) is 0 Å². The maximum atomic E-state index is 6.14. The standard InChI is InChI=1S/C14H16Cl2N4/c15-13-6-11-12(18-14(16)19-13)8-20(9-17-11)7-10-4-2-1-3-5-10/h1-5,13,17H,6-9H2,(H,18,19)/t13-/m0/s1.